The first-order valence-electron chi connectivity index (χ1n) is 4.03. The number of benzene rings is 1. The lowest BCUT2D eigenvalue weighted by Gasteiger charge is -2.02. The van der Waals surface area contributed by atoms with Crippen LogP contribution in [0.2, 0.25) is 0 Å². The summed E-state index contributed by atoms with van der Waals surface area (Å²) in [5.74, 6) is -3.80. The van der Waals surface area contributed by atoms with Crippen LogP contribution in [0.5, 0.6) is 0 Å². The molecule has 80 valence electrons. The zero-order valence-corrected chi connectivity index (χ0v) is 7.54. The summed E-state index contributed by atoms with van der Waals surface area (Å²) in [5.41, 5.74) is 0.595. The molecule has 5 heteroatoms. The van der Waals surface area contributed by atoms with Crippen LogP contribution < -0.4 is 0 Å². The highest BCUT2D eigenvalue weighted by Crippen LogP contribution is 2.12. The SMILES string of the molecule is O=C(OCc1ccccc1)C(F)=C(F)F. The van der Waals surface area contributed by atoms with Crippen LogP contribution >= 0.6 is 0 Å². The van der Waals surface area contributed by atoms with Gasteiger partial charge in [0, 0.05) is 0 Å². The lowest BCUT2D eigenvalue weighted by Crippen LogP contribution is -2.05. The number of carbonyl (C=O) groups is 1. The van der Waals surface area contributed by atoms with Crippen LogP contribution in [0, 0.1) is 0 Å². The van der Waals surface area contributed by atoms with Crippen LogP contribution in [0.3, 0.4) is 0 Å². The third kappa shape index (κ3) is 3.46. The minimum Gasteiger partial charge on any atom is -0.455 e. The monoisotopic (exact) mass is 216 g/mol. The molecule has 1 aromatic rings. The van der Waals surface area contributed by atoms with E-state index in [-0.39, 0.29) is 6.61 Å². The van der Waals surface area contributed by atoms with E-state index in [0.717, 1.165) is 0 Å². The highest BCUT2D eigenvalue weighted by atomic mass is 19.3. The highest BCUT2D eigenvalue weighted by Gasteiger charge is 2.17. The second-order valence-corrected chi connectivity index (χ2v) is 2.64. The van der Waals surface area contributed by atoms with Crippen LogP contribution in [0.4, 0.5) is 13.2 Å². The Morgan fingerprint density at radius 2 is 1.73 bits per heavy atom. The number of hydrogen-bond donors (Lipinski definition) is 0. The molecule has 0 N–H and O–H groups in total. The van der Waals surface area contributed by atoms with Crippen LogP contribution in [-0.4, -0.2) is 5.97 Å². The number of rotatable bonds is 3. The molecule has 1 rings (SSSR count). The summed E-state index contributed by atoms with van der Waals surface area (Å²) in [7, 11) is 0. The Morgan fingerprint density at radius 3 is 2.27 bits per heavy atom. The standard InChI is InChI=1S/C10H7F3O2/c11-8(9(12)13)10(14)15-6-7-4-2-1-3-5-7/h1-5H,6H2. The molecule has 0 fully saturated rings. The summed E-state index contributed by atoms with van der Waals surface area (Å²) in [6.45, 7) is -0.236. The number of carbonyl (C=O) groups excluding carboxylic acids is 1. The van der Waals surface area contributed by atoms with Gasteiger partial charge in [-0.3, -0.25) is 0 Å². The Kier molecular flexibility index (Phi) is 3.91. The lowest BCUT2D eigenvalue weighted by atomic mass is 10.2. The second kappa shape index (κ2) is 5.19. The van der Waals surface area contributed by atoms with E-state index in [1.165, 1.54) is 0 Å². The first kappa shape index (κ1) is 11.3. The molecule has 0 radical (unpaired) electrons. The summed E-state index contributed by atoms with van der Waals surface area (Å²) in [6.07, 6.45) is -2.67. The van der Waals surface area contributed by atoms with Crippen molar-refractivity contribution in [1.82, 2.24) is 0 Å². The minimum atomic E-state index is -2.67. The molecule has 0 aliphatic rings. The topological polar surface area (TPSA) is 26.3 Å². The van der Waals surface area contributed by atoms with Gasteiger partial charge in [-0.1, -0.05) is 30.3 Å². The minimum absolute atomic E-state index is 0.236. The third-order valence-electron chi connectivity index (χ3n) is 1.56. The maximum Gasteiger partial charge on any atom is 0.373 e. The average Bonchev–Trinajstić information content (AvgIpc) is 2.26. The fourth-order valence-electron chi connectivity index (χ4n) is 0.864. The number of ether oxygens (including phenoxy) is 1. The van der Waals surface area contributed by atoms with Crippen molar-refractivity contribution in [3.05, 3.63) is 47.8 Å². The number of esters is 1. The van der Waals surface area contributed by atoms with E-state index >= 15 is 0 Å². The van der Waals surface area contributed by atoms with Crippen molar-refractivity contribution < 1.29 is 22.7 Å². The van der Waals surface area contributed by atoms with E-state index in [2.05, 4.69) is 4.74 Å². The van der Waals surface area contributed by atoms with Crippen LogP contribution in [-0.2, 0) is 16.1 Å². The number of halogens is 3. The summed E-state index contributed by atoms with van der Waals surface area (Å²) in [4.78, 5) is 10.6. The van der Waals surface area contributed by atoms with Gasteiger partial charge in [-0.05, 0) is 5.56 Å². The molecule has 0 saturated carbocycles. The molecule has 0 aliphatic heterocycles. The summed E-state index contributed by atoms with van der Waals surface area (Å²) < 4.78 is 39.8. The van der Waals surface area contributed by atoms with Crippen molar-refractivity contribution in [2.45, 2.75) is 6.61 Å². The molecule has 1 aromatic carbocycles. The van der Waals surface area contributed by atoms with Gasteiger partial charge in [0.05, 0.1) is 0 Å². The molecular weight excluding hydrogens is 209 g/mol. The molecule has 0 amide bonds. The maximum atomic E-state index is 12.3. The smallest absolute Gasteiger partial charge is 0.373 e. The van der Waals surface area contributed by atoms with E-state index in [4.69, 9.17) is 0 Å². The molecule has 0 heterocycles. The zero-order valence-electron chi connectivity index (χ0n) is 7.54. The van der Waals surface area contributed by atoms with Gasteiger partial charge < -0.3 is 4.74 Å². The molecule has 0 aliphatic carbocycles. The van der Waals surface area contributed by atoms with Gasteiger partial charge in [-0.15, -0.1) is 0 Å². The van der Waals surface area contributed by atoms with Gasteiger partial charge in [0.15, 0.2) is 0 Å². The highest BCUT2D eigenvalue weighted by molar-refractivity contribution is 5.86. The molecule has 0 spiro atoms. The zero-order chi connectivity index (χ0) is 11.3. The Bertz CT molecular complexity index is 370. The van der Waals surface area contributed by atoms with Crippen molar-refractivity contribution in [3.8, 4) is 0 Å². The van der Waals surface area contributed by atoms with Gasteiger partial charge in [-0.25, -0.2) is 4.79 Å². The third-order valence-corrected chi connectivity index (χ3v) is 1.56. The molecular formula is C10H7F3O2. The van der Waals surface area contributed by atoms with E-state index < -0.39 is 17.9 Å². The van der Waals surface area contributed by atoms with Gasteiger partial charge in [0.25, 0.3) is 5.83 Å². The largest absolute Gasteiger partial charge is 0.455 e. The fourth-order valence-corrected chi connectivity index (χ4v) is 0.864. The van der Waals surface area contributed by atoms with Crippen LogP contribution in [0.15, 0.2) is 42.2 Å². The van der Waals surface area contributed by atoms with Gasteiger partial charge in [0.1, 0.15) is 6.61 Å². The molecule has 0 unspecified atom stereocenters. The maximum absolute atomic E-state index is 12.3. The van der Waals surface area contributed by atoms with E-state index in [1.807, 2.05) is 0 Å². The predicted octanol–water partition coefficient (Wildman–Crippen LogP) is 2.81. The van der Waals surface area contributed by atoms with E-state index in [0.29, 0.717) is 5.56 Å². The fraction of sp³-hybridized carbons (Fsp3) is 0.100. The van der Waals surface area contributed by atoms with Crippen LogP contribution in [0.25, 0.3) is 0 Å². The molecule has 2 nitrogen and oxygen atoms in total. The van der Waals surface area contributed by atoms with Crippen molar-refractivity contribution >= 4 is 5.97 Å². The van der Waals surface area contributed by atoms with Crippen molar-refractivity contribution in [2.24, 2.45) is 0 Å². The van der Waals surface area contributed by atoms with E-state index in [9.17, 15) is 18.0 Å². The lowest BCUT2D eigenvalue weighted by molar-refractivity contribution is -0.142. The predicted molar refractivity (Wildman–Crippen MR) is 46.6 cm³/mol. The van der Waals surface area contributed by atoms with Gasteiger partial charge >= 0.3 is 12.0 Å². The summed E-state index contributed by atoms with van der Waals surface area (Å²) in [5, 5.41) is 0. The average molecular weight is 216 g/mol. The molecule has 0 aromatic heterocycles. The summed E-state index contributed by atoms with van der Waals surface area (Å²) >= 11 is 0. The van der Waals surface area contributed by atoms with Crippen LogP contribution in [0.1, 0.15) is 5.56 Å². The Balaban J connectivity index is 2.52. The molecule has 0 saturated heterocycles. The quantitative estimate of drug-likeness (QED) is 0.573. The van der Waals surface area contributed by atoms with Crippen molar-refractivity contribution in [1.29, 1.82) is 0 Å². The molecule has 15 heavy (non-hydrogen) atoms. The normalized spacial score (nSPS) is 9.53. The second-order valence-electron chi connectivity index (χ2n) is 2.64. The number of hydrogen-bond acceptors (Lipinski definition) is 2. The van der Waals surface area contributed by atoms with Gasteiger partial charge in [0.2, 0.25) is 0 Å². The Morgan fingerprint density at radius 1 is 1.13 bits per heavy atom. The summed E-state index contributed by atoms with van der Waals surface area (Å²) in [6, 6.07) is 8.37. The Hall–Kier alpha value is -1.78. The van der Waals surface area contributed by atoms with E-state index in [1.54, 1.807) is 30.3 Å². The first-order valence-corrected chi connectivity index (χ1v) is 4.03. The van der Waals surface area contributed by atoms with Gasteiger partial charge in [-0.2, -0.15) is 13.2 Å². The van der Waals surface area contributed by atoms with Crippen molar-refractivity contribution in [2.75, 3.05) is 0 Å². The van der Waals surface area contributed by atoms with Crippen molar-refractivity contribution in [3.63, 3.8) is 0 Å². The Labute approximate surface area is 84.0 Å². The molecule has 0 atom stereocenters. The first-order chi connectivity index (χ1) is 7.11. The molecule has 0 bridgehead atoms.